The van der Waals surface area contributed by atoms with E-state index < -0.39 is 0 Å². The quantitative estimate of drug-likeness (QED) is 0.723. The van der Waals surface area contributed by atoms with E-state index in [0.29, 0.717) is 24.5 Å². The van der Waals surface area contributed by atoms with Crippen molar-refractivity contribution >= 4 is 0 Å². The van der Waals surface area contributed by atoms with Gasteiger partial charge in [-0.05, 0) is 42.9 Å². The van der Waals surface area contributed by atoms with Gasteiger partial charge in [0.15, 0.2) is 0 Å². The first-order valence-corrected chi connectivity index (χ1v) is 7.88. The molecule has 0 aliphatic rings. The molecule has 1 rings (SSSR count). The Bertz CT molecular complexity index is 373. The zero-order valence-electron chi connectivity index (χ0n) is 13.8. The Balaban J connectivity index is 2.48. The fourth-order valence-corrected chi connectivity index (χ4v) is 2.33. The van der Waals surface area contributed by atoms with Crippen LogP contribution in [-0.4, -0.2) is 12.6 Å². The van der Waals surface area contributed by atoms with Crippen molar-refractivity contribution in [2.24, 2.45) is 11.8 Å². The lowest BCUT2D eigenvalue weighted by atomic mass is 10.1. The lowest BCUT2D eigenvalue weighted by Crippen LogP contribution is -2.20. The number of hydrogen-bond donors (Lipinski definition) is 1. The molecule has 0 amide bonds. The molecule has 0 saturated carbocycles. The maximum atomic E-state index is 5.98. The highest BCUT2D eigenvalue weighted by Gasteiger charge is 2.07. The Kier molecular flexibility index (Phi) is 7.86. The second kappa shape index (κ2) is 9.15. The normalized spacial score (nSPS) is 13.2. The van der Waals surface area contributed by atoms with Crippen LogP contribution in [0.25, 0.3) is 0 Å². The number of rotatable bonds is 9. The van der Waals surface area contributed by atoms with E-state index in [9.17, 15) is 0 Å². The minimum absolute atomic E-state index is 0.326. The summed E-state index contributed by atoms with van der Waals surface area (Å²) in [7, 11) is 0. The van der Waals surface area contributed by atoms with Crippen molar-refractivity contribution in [1.29, 1.82) is 0 Å². The van der Waals surface area contributed by atoms with Gasteiger partial charge >= 0.3 is 0 Å². The van der Waals surface area contributed by atoms with E-state index in [0.717, 1.165) is 19.5 Å². The fourth-order valence-electron chi connectivity index (χ4n) is 2.33. The zero-order valence-corrected chi connectivity index (χ0v) is 13.8. The van der Waals surface area contributed by atoms with E-state index in [-0.39, 0.29) is 0 Å². The van der Waals surface area contributed by atoms with E-state index in [1.165, 1.54) is 11.1 Å². The number of ether oxygens (including phenoxy) is 1. The highest BCUT2D eigenvalue weighted by atomic mass is 16.5. The molecule has 1 atom stereocenters. The molecule has 0 aliphatic carbocycles. The third kappa shape index (κ3) is 7.06. The van der Waals surface area contributed by atoms with Gasteiger partial charge in [-0.3, -0.25) is 0 Å². The summed E-state index contributed by atoms with van der Waals surface area (Å²) in [4.78, 5) is 0. The average Bonchev–Trinajstić information content (AvgIpc) is 2.36. The van der Waals surface area contributed by atoms with Gasteiger partial charge in [0.25, 0.3) is 0 Å². The van der Waals surface area contributed by atoms with Gasteiger partial charge < -0.3 is 10.1 Å². The topological polar surface area (TPSA) is 21.3 Å². The molecule has 20 heavy (non-hydrogen) atoms. The molecule has 2 nitrogen and oxygen atoms in total. The largest absolute Gasteiger partial charge is 0.374 e. The molecule has 114 valence electrons. The maximum absolute atomic E-state index is 5.98. The Morgan fingerprint density at radius 2 is 1.60 bits per heavy atom. The first-order chi connectivity index (χ1) is 9.49. The molecule has 0 spiro atoms. The molecule has 0 aliphatic heterocycles. The van der Waals surface area contributed by atoms with Crippen molar-refractivity contribution < 1.29 is 4.74 Å². The summed E-state index contributed by atoms with van der Waals surface area (Å²) in [5.74, 6) is 1.37. The van der Waals surface area contributed by atoms with Crippen LogP contribution >= 0.6 is 0 Å². The summed E-state index contributed by atoms with van der Waals surface area (Å²) in [6.07, 6.45) is 1.44. The predicted molar refractivity (Wildman–Crippen MR) is 86.7 cm³/mol. The van der Waals surface area contributed by atoms with Crippen LogP contribution in [0.5, 0.6) is 0 Å². The van der Waals surface area contributed by atoms with Gasteiger partial charge in [-0.1, -0.05) is 52.0 Å². The molecule has 1 unspecified atom stereocenters. The van der Waals surface area contributed by atoms with Crippen molar-refractivity contribution in [3.8, 4) is 0 Å². The summed E-state index contributed by atoms with van der Waals surface area (Å²) in [5.41, 5.74) is 2.66. The lowest BCUT2D eigenvalue weighted by Gasteiger charge is -2.17. The van der Waals surface area contributed by atoms with Crippen LogP contribution < -0.4 is 5.32 Å². The standard InChI is InChI=1S/C18H31NO/c1-14(2)10-16(5)20-13-18-9-7-6-8-17(18)12-19-11-15(3)4/h6-9,14-16,19H,10-13H2,1-5H3. The van der Waals surface area contributed by atoms with Crippen molar-refractivity contribution in [2.75, 3.05) is 6.54 Å². The summed E-state index contributed by atoms with van der Waals surface area (Å²) in [6, 6.07) is 8.57. The van der Waals surface area contributed by atoms with E-state index in [1.54, 1.807) is 0 Å². The summed E-state index contributed by atoms with van der Waals surface area (Å²) >= 11 is 0. The van der Waals surface area contributed by atoms with E-state index in [1.807, 2.05) is 0 Å². The van der Waals surface area contributed by atoms with E-state index in [2.05, 4.69) is 64.2 Å². The monoisotopic (exact) mass is 277 g/mol. The van der Waals surface area contributed by atoms with Crippen LogP contribution in [0.4, 0.5) is 0 Å². The van der Waals surface area contributed by atoms with Gasteiger partial charge in [-0.25, -0.2) is 0 Å². The minimum atomic E-state index is 0.326. The predicted octanol–water partition coefficient (Wildman–Crippen LogP) is 4.38. The Morgan fingerprint density at radius 1 is 0.950 bits per heavy atom. The van der Waals surface area contributed by atoms with Gasteiger partial charge in [-0.2, -0.15) is 0 Å². The van der Waals surface area contributed by atoms with Crippen LogP contribution in [0.2, 0.25) is 0 Å². The fraction of sp³-hybridized carbons (Fsp3) is 0.667. The summed E-state index contributed by atoms with van der Waals surface area (Å²) in [6.45, 7) is 13.8. The van der Waals surface area contributed by atoms with Crippen LogP contribution in [0.3, 0.4) is 0 Å². The van der Waals surface area contributed by atoms with Crippen molar-refractivity contribution in [3.05, 3.63) is 35.4 Å². The highest BCUT2D eigenvalue weighted by molar-refractivity contribution is 5.26. The second-order valence-electron chi connectivity index (χ2n) is 6.54. The Labute approximate surface area is 124 Å². The smallest absolute Gasteiger partial charge is 0.0723 e. The molecular weight excluding hydrogens is 246 g/mol. The van der Waals surface area contributed by atoms with Crippen LogP contribution in [0, 0.1) is 11.8 Å². The molecule has 0 heterocycles. The van der Waals surface area contributed by atoms with Gasteiger partial charge in [-0.15, -0.1) is 0 Å². The summed E-state index contributed by atoms with van der Waals surface area (Å²) < 4.78 is 5.98. The van der Waals surface area contributed by atoms with Crippen molar-refractivity contribution in [3.63, 3.8) is 0 Å². The first-order valence-electron chi connectivity index (χ1n) is 7.88. The molecule has 0 aromatic heterocycles. The molecule has 1 N–H and O–H groups in total. The van der Waals surface area contributed by atoms with Crippen LogP contribution in [0.15, 0.2) is 24.3 Å². The third-order valence-electron chi connectivity index (χ3n) is 3.31. The Morgan fingerprint density at radius 3 is 2.20 bits per heavy atom. The van der Waals surface area contributed by atoms with Gasteiger partial charge in [0.2, 0.25) is 0 Å². The molecule has 1 aromatic carbocycles. The van der Waals surface area contributed by atoms with Gasteiger partial charge in [0.05, 0.1) is 12.7 Å². The van der Waals surface area contributed by atoms with Crippen LogP contribution in [0.1, 0.15) is 52.2 Å². The highest BCUT2D eigenvalue weighted by Crippen LogP contribution is 2.14. The van der Waals surface area contributed by atoms with Gasteiger partial charge in [0, 0.05) is 6.54 Å². The molecule has 0 radical (unpaired) electrons. The van der Waals surface area contributed by atoms with Crippen LogP contribution in [-0.2, 0) is 17.9 Å². The average molecular weight is 277 g/mol. The number of benzene rings is 1. The molecule has 0 saturated heterocycles. The van der Waals surface area contributed by atoms with Crippen molar-refractivity contribution in [1.82, 2.24) is 5.32 Å². The summed E-state index contributed by atoms with van der Waals surface area (Å²) in [5, 5.41) is 3.51. The first kappa shape index (κ1) is 17.2. The van der Waals surface area contributed by atoms with E-state index in [4.69, 9.17) is 4.74 Å². The maximum Gasteiger partial charge on any atom is 0.0723 e. The van der Waals surface area contributed by atoms with Crippen molar-refractivity contribution in [2.45, 2.75) is 60.3 Å². The molecule has 0 bridgehead atoms. The molecule has 1 aromatic rings. The lowest BCUT2D eigenvalue weighted by molar-refractivity contribution is 0.0393. The third-order valence-corrected chi connectivity index (χ3v) is 3.31. The molecule has 0 fully saturated rings. The second-order valence-corrected chi connectivity index (χ2v) is 6.54. The molecule has 2 heteroatoms. The SMILES string of the molecule is CC(C)CNCc1ccccc1COC(C)CC(C)C. The Hall–Kier alpha value is -0.860. The minimum Gasteiger partial charge on any atom is -0.374 e. The van der Waals surface area contributed by atoms with Gasteiger partial charge in [0.1, 0.15) is 0 Å². The molecular formula is C18H31NO. The number of hydrogen-bond acceptors (Lipinski definition) is 2. The zero-order chi connectivity index (χ0) is 15.0. The number of nitrogens with one attached hydrogen (secondary N) is 1. The van der Waals surface area contributed by atoms with E-state index >= 15 is 0 Å².